The Labute approximate surface area is 134 Å². The first-order valence-electron chi connectivity index (χ1n) is 7.49. The van der Waals surface area contributed by atoms with Crippen LogP contribution in [0.3, 0.4) is 0 Å². The predicted octanol–water partition coefficient (Wildman–Crippen LogP) is 1.17. The number of amides is 2. The standard InChI is InChI=1S/C14H24N4O3S/c1-14(2,3)12-18-17-11(22-12)7-16-13(20)15-6-9-4-5-10(8-19)21-9/h9-10,19H,4-8H2,1-3H3,(H2,15,16,20)/t9-,10+/m1/s1. The van der Waals surface area contributed by atoms with E-state index in [2.05, 4.69) is 41.6 Å². The first-order chi connectivity index (χ1) is 10.4. The van der Waals surface area contributed by atoms with Gasteiger partial charge in [-0.3, -0.25) is 0 Å². The second-order valence-corrected chi connectivity index (χ2v) is 7.52. The Hall–Kier alpha value is -1.25. The summed E-state index contributed by atoms with van der Waals surface area (Å²) >= 11 is 1.51. The molecule has 0 unspecified atom stereocenters. The maximum atomic E-state index is 11.8. The summed E-state index contributed by atoms with van der Waals surface area (Å²) in [5.41, 5.74) is -0.0266. The van der Waals surface area contributed by atoms with Gasteiger partial charge in [0.25, 0.3) is 0 Å². The lowest BCUT2D eigenvalue weighted by Crippen LogP contribution is -2.39. The Morgan fingerprint density at radius 1 is 1.32 bits per heavy atom. The maximum Gasteiger partial charge on any atom is 0.315 e. The van der Waals surface area contributed by atoms with Crippen molar-refractivity contribution < 1.29 is 14.6 Å². The fourth-order valence-corrected chi connectivity index (χ4v) is 2.95. The summed E-state index contributed by atoms with van der Waals surface area (Å²) < 4.78 is 5.55. The summed E-state index contributed by atoms with van der Waals surface area (Å²) in [6.45, 7) is 7.10. The number of aliphatic hydroxyl groups excluding tert-OH is 1. The van der Waals surface area contributed by atoms with E-state index in [1.54, 1.807) is 0 Å². The van der Waals surface area contributed by atoms with Crippen molar-refractivity contribution in [3.63, 3.8) is 0 Å². The third kappa shape index (κ3) is 4.89. The number of urea groups is 1. The Morgan fingerprint density at radius 3 is 2.64 bits per heavy atom. The zero-order valence-corrected chi connectivity index (χ0v) is 14.1. The molecule has 2 amide bonds. The lowest BCUT2D eigenvalue weighted by atomic mass is 9.98. The van der Waals surface area contributed by atoms with Crippen LogP contribution in [0.25, 0.3) is 0 Å². The molecule has 0 saturated carbocycles. The molecule has 1 fully saturated rings. The minimum Gasteiger partial charge on any atom is -0.394 e. The smallest absolute Gasteiger partial charge is 0.315 e. The Morgan fingerprint density at radius 2 is 2.05 bits per heavy atom. The Balaban J connectivity index is 1.69. The van der Waals surface area contributed by atoms with Crippen LogP contribution in [0.2, 0.25) is 0 Å². The van der Waals surface area contributed by atoms with Crippen LogP contribution in [-0.2, 0) is 16.7 Å². The first-order valence-corrected chi connectivity index (χ1v) is 8.31. The van der Waals surface area contributed by atoms with Crippen LogP contribution in [0.4, 0.5) is 4.79 Å². The molecule has 2 atom stereocenters. The normalized spacial score (nSPS) is 21.8. The monoisotopic (exact) mass is 328 g/mol. The molecule has 1 aromatic heterocycles. The highest BCUT2D eigenvalue weighted by atomic mass is 32.1. The molecule has 1 aliphatic heterocycles. The molecule has 0 bridgehead atoms. The molecular formula is C14H24N4O3S. The molecule has 1 saturated heterocycles. The van der Waals surface area contributed by atoms with E-state index in [9.17, 15) is 4.79 Å². The van der Waals surface area contributed by atoms with Crippen molar-refractivity contribution in [1.29, 1.82) is 0 Å². The van der Waals surface area contributed by atoms with Crippen LogP contribution in [-0.4, -0.2) is 46.7 Å². The summed E-state index contributed by atoms with van der Waals surface area (Å²) in [5.74, 6) is 0. The lowest BCUT2D eigenvalue weighted by molar-refractivity contribution is 0.0134. The molecule has 1 aromatic rings. The molecule has 124 valence electrons. The number of carbonyl (C=O) groups is 1. The highest BCUT2D eigenvalue weighted by molar-refractivity contribution is 7.11. The number of nitrogens with one attached hydrogen (secondary N) is 2. The summed E-state index contributed by atoms with van der Waals surface area (Å²) in [6, 6.07) is -0.247. The van der Waals surface area contributed by atoms with E-state index in [1.807, 2.05) is 0 Å². The van der Waals surface area contributed by atoms with Gasteiger partial charge in [-0.25, -0.2) is 4.79 Å². The molecule has 0 radical (unpaired) electrons. The quantitative estimate of drug-likeness (QED) is 0.754. The van der Waals surface area contributed by atoms with Gasteiger partial charge in [-0.15, -0.1) is 10.2 Å². The van der Waals surface area contributed by atoms with Crippen LogP contribution < -0.4 is 10.6 Å². The zero-order valence-electron chi connectivity index (χ0n) is 13.3. The topological polar surface area (TPSA) is 96.4 Å². The minimum absolute atomic E-state index is 0.0167. The third-order valence-corrected chi connectivity index (χ3v) is 4.75. The molecule has 3 N–H and O–H groups in total. The second kappa shape index (κ2) is 7.34. The van der Waals surface area contributed by atoms with Crippen molar-refractivity contribution in [1.82, 2.24) is 20.8 Å². The van der Waals surface area contributed by atoms with Gasteiger partial charge in [0.05, 0.1) is 25.4 Å². The zero-order chi connectivity index (χ0) is 16.2. The van der Waals surface area contributed by atoms with E-state index < -0.39 is 0 Å². The summed E-state index contributed by atoms with van der Waals surface area (Å²) in [7, 11) is 0. The Kier molecular flexibility index (Phi) is 5.71. The van der Waals surface area contributed by atoms with Crippen molar-refractivity contribution in [3.8, 4) is 0 Å². The van der Waals surface area contributed by atoms with E-state index in [1.165, 1.54) is 11.3 Å². The lowest BCUT2D eigenvalue weighted by Gasteiger charge is -2.13. The second-order valence-electron chi connectivity index (χ2n) is 6.45. The van der Waals surface area contributed by atoms with Gasteiger partial charge in [0.15, 0.2) is 0 Å². The SMILES string of the molecule is CC(C)(C)c1nnc(CNC(=O)NC[C@H]2CC[C@@H](CO)O2)s1. The van der Waals surface area contributed by atoms with Crippen LogP contribution >= 0.6 is 11.3 Å². The number of aromatic nitrogens is 2. The van der Waals surface area contributed by atoms with Crippen molar-refractivity contribution >= 4 is 17.4 Å². The van der Waals surface area contributed by atoms with E-state index >= 15 is 0 Å². The van der Waals surface area contributed by atoms with Crippen LogP contribution in [0.15, 0.2) is 0 Å². The molecule has 22 heavy (non-hydrogen) atoms. The van der Waals surface area contributed by atoms with Crippen molar-refractivity contribution in [2.45, 2.75) is 57.8 Å². The average Bonchev–Trinajstić information content (AvgIpc) is 3.11. The molecule has 8 heteroatoms. The van der Waals surface area contributed by atoms with E-state index in [-0.39, 0.29) is 30.3 Å². The fourth-order valence-electron chi connectivity index (χ4n) is 2.12. The van der Waals surface area contributed by atoms with Gasteiger partial charge < -0.3 is 20.5 Å². The predicted molar refractivity (Wildman–Crippen MR) is 83.8 cm³/mol. The first kappa shape index (κ1) is 17.1. The number of ether oxygens (including phenoxy) is 1. The van der Waals surface area contributed by atoms with Gasteiger partial charge in [0.2, 0.25) is 0 Å². The molecule has 0 spiro atoms. The van der Waals surface area contributed by atoms with Crippen molar-refractivity contribution in [3.05, 3.63) is 10.0 Å². The van der Waals surface area contributed by atoms with Gasteiger partial charge in [-0.05, 0) is 12.8 Å². The highest BCUT2D eigenvalue weighted by Gasteiger charge is 2.24. The summed E-state index contributed by atoms with van der Waals surface area (Å²) in [4.78, 5) is 11.8. The number of hydrogen-bond donors (Lipinski definition) is 3. The molecule has 2 heterocycles. The molecular weight excluding hydrogens is 304 g/mol. The largest absolute Gasteiger partial charge is 0.394 e. The molecule has 1 aliphatic rings. The van der Waals surface area contributed by atoms with Gasteiger partial charge in [-0.2, -0.15) is 0 Å². The fraction of sp³-hybridized carbons (Fsp3) is 0.786. The maximum absolute atomic E-state index is 11.8. The van der Waals surface area contributed by atoms with Crippen LogP contribution in [0, 0.1) is 0 Å². The van der Waals surface area contributed by atoms with Crippen LogP contribution in [0.1, 0.15) is 43.6 Å². The summed E-state index contributed by atoms with van der Waals surface area (Å²) in [6.07, 6.45) is 1.59. The molecule has 2 rings (SSSR count). The van der Waals surface area contributed by atoms with Gasteiger partial charge >= 0.3 is 6.03 Å². The average molecular weight is 328 g/mol. The van der Waals surface area contributed by atoms with E-state index in [4.69, 9.17) is 9.84 Å². The summed E-state index contributed by atoms with van der Waals surface area (Å²) in [5, 5.41) is 24.5. The third-order valence-electron chi connectivity index (χ3n) is 3.40. The highest BCUT2D eigenvalue weighted by Crippen LogP contribution is 2.25. The molecule has 7 nitrogen and oxygen atoms in total. The molecule has 0 aromatic carbocycles. The number of rotatable bonds is 5. The van der Waals surface area contributed by atoms with Crippen LogP contribution in [0.5, 0.6) is 0 Å². The van der Waals surface area contributed by atoms with Gasteiger partial charge in [0.1, 0.15) is 10.0 Å². The minimum atomic E-state index is -0.247. The number of hydrogen-bond acceptors (Lipinski definition) is 6. The van der Waals surface area contributed by atoms with Gasteiger partial charge in [-0.1, -0.05) is 32.1 Å². The number of aliphatic hydroxyl groups is 1. The van der Waals surface area contributed by atoms with Crippen molar-refractivity contribution in [2.24, 2.45) is 0 Å². The van der Waals surface area contributed by atoms with E-state index in [0.717, 1.165) is 22.9 Å². The van der Waals surface area contributed by atoms with E-state index in [0.29, 0.717) is 13.1 Å². The number of carbonyl (C=O) groups excluding carboxylic acids is 1. The van der Waals surface area contributed by atoms with Gasteiger partial charge in [0, 0.05) is 12.0 Å². The number of nitrogens with zero attached hydrogens (tertiary/aromatic N) is 2. The van der Waals surface area contributed by atoms with Crippen molar-refractivity contribution in [2.75, 3.05) is 13.2 Å². The molecule has 0 aliphatic carbocycles. The Bertz CT molecular complexity index is 501.